The second-order valence-electron chi connectivity index (χ2n) is 12.8. The summed E-state index contributed by atoms with van der Waals surface area (Å²) in [6.45, 7) is 12.0. The van der Waals surface area contributed by atoms with Crippen LogP contribution >= 0.6 is 31.0 Å². The number of hydrogen-bond acceptors (Lipinski definition) is 7. The highest BCUT2D eigenvalue weighted by atomic mass is 35.5. The first-order chi connectivity index (χ1) is 20.2. The Bertz CT molecular complexity index is 1350. The van der Waals surface area contributed by atoms with Gasteiger partial charge in [-0.3, -0.25) is 13.6 Å². The Balaban J connectivity index is 1.72. The van der Waals surface area contributed by atoms with E-state index in [0.29, 0.717) is 34.3 Å². The predicted molar refractivity (Wildman–Crippen MR) is 167 cm³/mol. The number of aliphatic imine (C=N–C) groups is 1. The Hall–Kier alpha value is -1.81. The van der Waals surface area contributed by atoms with Crippen molar-refractivity contribution in [1.82, 2.24) is 0 Å². The van der Waals surface area contributed by atoms with Crippen molar-refractivity contribution in [3.8, 4) is 5.75 Å². The molecule has 0 fully saturated rings. The fourth-order valence-corrected chi connectivity index (χ4v) is 6.78. The van der Waals surface area contributed by atoms with E-state index in [2.05, 4.69) is 4.99 Å². The second-order valence-corrected chi connectivity index (χ2v) is 15.1. The molecule has 1 atom stereocenters. The lowest BCUT2D eigenvalue weighted by molar-refractivity contribution is -0.139. The van der Waals surface area contributed by atoms with E-state index >= 15 is 0 Å². The topological polar surface area (TPSA) is 75.6 Å². The van der Waals surface area contributed by atoms with Gasteiger partial charge in [0, 0.05) is 17.0 Å². The Morgan fingerprint density at radius 3 is 2.20 bits per heavy atom. The van der Waals surface area contributed by atoms with Gasteiger partial charge in [-0.25, -0.2) is 9.56 Å². The van der Waals surface area contributed by atoms with E-state index in [4.69, 9.17) is 46.2 Å². The minimum Gasteiger partial charge on any atom is -0.493 e. The van der Waals surface area contributed by atoms with Gasteiger partial charge in [0.15, 0.2) is 5.90 Å². The van der Waals surface area contributed by atoms with E-state index in [1.54, 1.807) is 72.7 Å². The SMILES string of the molecule is CC1=NC(CCc2ccc(OCCCc3cc(Cl)ccc3Cl)c(C(F)(F)F)c2)(COP(=O)(OC(C)(C)C)OC(C)(C)C)CO1. The third-order valence-corrected chi connectivity index (χ3v) is 8.88. The van der Waals surface area contributed by atoms with Crippen molar-refractivity contribution in [3.05, 3.63) is 63.1 Å². The average molecular weight is 683 g/mol. The summed E-state index contributed by atoms with van der Waals surface area (Å²) in [5.41, 5.74) is -2.32. The summed E-state index contributed by atoms with van der Waals surface area (Å²) in [5, 5.41) is 1.07. The molecule has 1 aliphatic rings. The quantitative estimate of drug-likeness (QED) is 0.155. The molecule has 0 saturated heterocycles. The minimum absolute atomic E-state index is 0.0599. The molecule has 13 heteroatoms. The lowest BCUT2D eigenvalue weighted by Crippen LogP contribution is -2.36. The normalized spacial score (nSPS) is 17.9. The summed E-state index contributed by atoms with van der Waals surface area (Å²) in [6, 6.07) is 9.09. The molecule has 0 bridgehead atoms. The van der Waals surface area contributed by atoms with Crippen LogP contribution in [0.4, 0.5) is 13.2 Å². The van der Waals surface area contributed by atoms with Crippen LogP contribution < -0.4 is 4.74 Å². The smallest absolute Gasteiger partial charge is 0.475 e. The first-order valence-electron chi connectivity index (χ1n) is 14.3. The highest BCUT2D eigenvalue weighted by Crippen LogP contribution is 2.56. The molecule has 0 saturated carbocycles. The van der Waals surface area contributed by atoms with E-state index in [0.717, 1.165) is 11.6 Å². The van der Waals surface area contributed by atoms with Crippen molar-refractivity contribution in [2.24, 2.45) is 4.99 Å². The van der Waals surface area contributed by atoms with E-state index < -0.39 is 36.3 Å². The van der Waals surface area contributed by atoms with Gasteiger partial charge in [-0.1, -0.05) is 29.3 Å². The number of phosphoric ester groups is 1. The molecule has 1 unspecified atom stereocenters. The largest absolute Gasteiger partial charge is 0.493 e. The maximum Gasteiger partial charge on any atom is 0.475 e. The maximum absolute atomic E-state index is 14.1. The molecule has 0 N–H and O–H groups in total. The van der Waals surface area contributed by atoms with Crippen LogP contribution in [0.1, 0.15) is 78.0 Å². The predicted octanol–water partition coefficient (Wildman–Crippen LogP) is 9.90. The molecule has 246 valence electrons. The molecular weight excluding hydrogens is 641 g/mol. The Morgan fingerprint density at radius 1 is 0.977 bits per heavy atom. The van der Waals surface area contributed by atoms with Crippen LogP contribution in [-0.4, -0.2) is 42.5 Å². The number of aryl methyl sites for hydroxylation is 2. The first-order valence-corrected chi connectivity index (χ1v) is 16.5. The maximum atomic E-state index is 14.1. The Labute approximate surface area is 268 Å². The molecule has 0 aromatic heterocycles. The number of rotatable bonds is 13. The lowest BCUT2D eigenvalue weighted by atomic mass is 9.93. The minimum atomic E-state index is -4.63. The third kappa shape index (κ3) is 11.5. The summed E-state index contributed by atoms with van der Waals surface area (Å²) < 4.78 is 84.2. The second kappa shape index (κ2) is 14.3. The van der Waals surface area contributed by atoms with Gasteiger partial charge in [-0.15, -0.1) is 0 Å². The zero-order chi connectivity index (χ0) is 33.0. The molecule has 0 radical (unpaired) electrons. The van der Waals surface area contributed by atoms with Gasteiger partial charge in [-0.2, -0.15) is 13.2 Å². The number of ether oxygens (including phenoxy) is 2. The van der Waals surface area contributed by atoms with Crippen molar-refractivity contribution in [1.29, 1.82) is 0 Å². The first kappa shape index (κ1) is 36.7. The van der Waals surface area contributed by atoms with Gasteiger partial charge in [0.05, 0.1) is 30.0 Å². The molecule has 3 rings (SSSR count). The van der Waals surface area contributed by atoms with Gasteiger partial charge < -0.3 is 9.47 Å². The number of benzene rings is 2. The molecule has 44 heavy (non-hydrogen) atoms. The molecule has 7 nitrogen and oxygen atoms in total. The average Bonchev–Trinajstić information content (AvgIpc) is 3.24. The van der Waals surface area contributed by atoms with Crippen molar-refractivity contribution in [2.75, 3.05) is 19.8 Å². The zero-order valence-corrected chi connectivity index (χ0v) is 28.6. The van der Waals surface area contributed by atoms with Crippen molar-refractivity contribution in [2.45, 2.75) is 97.1 Å². The van der Waals surface area contributed by atoms with Crippen molar-refractivity contribution in [3.63, 3.8) is 0 Å². The van der Waals surface area contributed by atoms with Crippen molar-refractivity contribution >= 4 is 36.9 Å². The number of hydrogen-bond donors (Lipinski definition) is 0. The van der Waals surface area contributed by atoms with Gasteiger partial charge in [0.2, 0.25) is 0 Å². The monoisotopic (exact) mass is 681 g/mol. The molecule has 2 aromatic carbocycles. The van der Waals surface area contributed by atoms with Crippen LogP contribution in [-0.2, 0) is 41.9 Å². The summed E-state index contributed by atoms with van der Waals surface area (Å²) in [7, 11) is -4.05. The molecule has 0 aliphatic carbocycles. The van der Waals surface area contributed by atoms with Crippen molar-refractivity contribution < 1.29 is 40.8 Å². The summed E-state index contributed by atoms with van der Waals surface area (Å²) >= 11 is 12.2. The van der Waals surface area contributed by atoms with E-state index in [1.165, 1.54) is 6.07 Å². The molecule has 0 spiro atoms. The molecule has 1 heterocycles. The van der Waals surface area contributed by atoms with Crippen LogP contribution in [0.2, 0.25) is 10.0 Å². The van der Waals surface area contributed by atoms with Gasteiger partial charge in [0.25, 0.3) is 0 Å². The molecule has 1 aliphatic heterocycles. The van der Waals surface area contributed by atoms with Gasteiger partial charge in [-0.05, 0) is 109 Å². The van der Waals surface area contributed by atoms with E-state index in [9.17, 15) is 17.7 Å². The van der Waals surface area contributed by atoms with Crippen LogP contribution in [0.3, 0.4) is 0 Å². The molecule has 0 amide bonds. The van der Waals surface area contributed by atoms with E-state index in [1.807, 2.05) is 0 Å². The molecular formula is C31H41Cl2F3NO6P. The van der Waals surface area contributed by atoms with Crippen LogP contribution in [0.15, 0.2) is 41.4 Å². The number of halogens is 5. The summed E-state index contributed by atoms with van der Waals surface area (Å²) in [4.78, 5) is 4.58. The number of nitrogens with zero attached hydrogens (tertiary/aromatic N) is 1. The fourth-order valence-electron chi connectivity index (χ4n) is 4.49. The Morgan fingerprint density at radius 2 is 1.64 bits per heavy atom. The number of phosphoric acid groups is 1. The van der Waals surface area contributed by atoms with Crippen LogP contribution in [0.5, 0.6) is 5.75 Å². The van der Waals surface area contributed by atoms with Gasteiger partial charge >= 0.3 is 14.0 Å². The summed E-state index contributed by atoms with van der Waals surface area (Å²) in [6.07, 6.45) is -3.22. The Kier molecular flexibility index (Phi) is 11.9. The molecule has 2 aromatic rings. The highest BCUT2D eigenvalue weighted by Gasteiger charge is 2.43. The third-order valence-electron chi connectivity index (χ3n) is 6.29. The highest BCUT2D eigenvalue weighted by molar-refractivity contribution is 7.48. The zero-order valence-electron chi connectivity index (χ0n) is 26.1. The van der Waals surface area contributed by atoms with E-state index in [-0.39, 0.29) is 38.4 Å². The lowest BCUT2D eigenvalue weighted by Gasteiger charge is -2.33. The van der Waals surface area contributed by atoms with Crippen LogP contribution in [0, 0.1) is 0 Å². The summed E-state index contributed by atoms with van der Waals surface area (Å²) in [5.74, 6) is 0.143. The van der Waals surface area contributed by atoms with Gasteiger partial charge in [0.1, 0.15) is 17.9 Å². The van der Waals surface area contributed by atoms with Crippen LogP contribution in [0.25, 0.3) is 0 Å². The fraction of sp³-hybridized carbons (Fsp3) is 0.581. The number of alkyl halides is 3. The standard InChI is InChI=1S/C31H41Cl2F3NO6P/c1-21-37-30(19-40-21,20-41-44(38,42-28(2,3)4)43-29(5,6)7)15-14-22-10-13-27(25(17-22)31(34,35)36)39-16-8-9-23-18-24(32)11-12-26(23)33/h10-13,17-18H,8-9,14-16,19-20H2,1-7H3.